The molecule has 0 saturated heterocycles. The lowest BCUT2D eigenvalue weighted by molar-refractivity contribution is 0.245. The van der Waals surface area contributed by atoms with E-state index >= 15 is 0 Å². The van der Waals surface area contributed by atoms with Crippen LogP contribution in [0.1, 0.15) is 29.7 Å². The fourth-order valence-corrected chi connectivity index (χ4v) is 5.34. The first kappa shape index (κ1) is 25.9. The monoisotopic (exact) mass is 515 g/mol. The summed E-state index contributed by atoms with van der Waals surface area (Å²) in [6.07, 6.45) is 1.71. The molecule has 190 valence electrons. The predicted octanol–water partition coefficient (Wildman–Crippen LogP) is 5.28. The fourth-order valence-electron chi connectivity index (χ4n) is 4.16. The molecule has 1 aromatic heterocycles. The molecule has 0 fully saturated rings. The largest absolute Gasteiger partial charge is 0.494 e. The maximum Gasteiger partial charge on any atom is 0.328 e. The summed E-state index contributed by atoms with van der Waals surface area (Å²) in [5.41, 5.74) is 4.13. The minimum Gasteiger partial charge on any atom is -0.494 e. The average molecular weight is 516 g/mol. The van der Waals surface area contributed by atoms with Crippen molar-refractivity contribution in [2.45, 2.75) is 24.7 Å². The van der Waals surface area contributed by atoms with Crippen molar-refractivity contribution < 1.29 is 17.9 Å². The van der Waals surface area contributed by atoms with Gasteiger partial charge in [-0.2, -0.15) is 0 Å². The second-order valence-corrected chi connectivity index (χ2v) is 10.1. The van der Waals surface area contributed by atoms with Crippen molar-refractivity contribution >= 4 is 16.1 Å². The number of urea groups is 1. The van der Waals surface area contributed by atoms with Crippen LogP contribution in [0.25, 0.3) is 11.1 Å². The van der Waals surface area contributed by atoms with Gasteiger partial charge in [0.25, 0.3) is 10.0 Å². The van der Waals surface area contributed by atoms with Crippen molar-refractivity contribution in [1.82, 2.24) is 15.0 Å². The number of aromatic nitrogens is 1. The Kier molecular flexibility index (Phi) is 8.20. The highest BCUT2D eigenvalue weighted by Crippen LogP contribution is 2.32. The molecule has 3 aromatic carbocycles. The summed E-state index contributed by atoms with van der Waals surface area (Å²) in [6.45, 7) is 4.34. The first-order valence-corrected chi connectivity index (χ1v) is 13.5. The summed E-state index contributed by atoms with van der Waals surface area (Å²) in [4.78, 5) is 17.5. The van der Waals surface area contributed by atoms with Crippen LogP contribution in [-0.4, -0.2) is 32.6 Å². The Morgan fingerprint density at radius 1 is 0.919 bits per heavy atom. The zero-order valence-corrected chi connectivity index (χ0v) is 21.5. The number of aryl methyl sites for hydroxylation is 1. The second kappa shape index (κ2) is 11.7. The molecule has 1 unspecified atom stereocenters. The molecule has 4 aromatic rings. The summed E-state index contributed by atoms with van der Waals surface area (Å²) in [5, 5.41) is 2.74. The Morgan fingerprint density at radius 3 is 2.32 bits per heavy atom. The number of pyridine rings is 1. The number of sulfonamides is 1. The van der Waals surface area contributed by atoms with Crippen LogP contribution in [0.2, 0.25) is 0 Å². The van der Waals surface area contributed by atoms with Gasteiger partial charge in [-0.15, -0.1) is 0 Å². The van der Waals surface area contributed by atoms with Gasteiger partial charge in [-0.3, -0.25) is 4.98 Å². The summed E-state index contributed by atoms with van der Waals surface area (Å²) in [6, 6.07) is 27.0. The van der Waals surface area contributed by atoms with Crippen molar-refractivity contribution in [3.05, 3.63) is 114 Å². The van der Waals surface area contributed by atoms with Gasteiger partial charge < -0.3 is 10.1 Å². The summed E-state index contributed by atoms with van der Waals surface area (Å²) < 4.78 is 33.2. The Labute approximate surface area is 217 Å². The SMILES string of the molecule is CCOc1ccc(-c2cccnc2C(CNC(=O)NS(=O)(=O)c2ccccc2C)c2ccccc2)cc1. The minimum atomic E-state index is -4.02. The Hall–Kier alpha value is -4.17. The fraction of sp³-hybridized carbons (Fsp3) is 0.172. The first-order valence-electron chi connectivity index (χ1n) is 12.0. The standard InChI is InChI=1S/C29H29N3O4S/c1-3-36-24-17-15-23(16-18-24)25-13-9-19-30-28(25)26(22-11-5-4-6-12-22)20-31-29(33)32-37(34,35)27-14-8-7-10-21(27)2/h4-19,26H,3,20H2,1-2H3,(H2,31,32,33). The van der Waals surface area contributed by atoms with Gasteiger partial charge >= 0.3 is 6.03 Å². The van der Waals surface area contributed by atoms with Crippen molar-refractivity contribution in [2.24, 2.45) is 0 Å². The van der Waals surface area contributed by atoms with E-state index in [4.69, 9.17) is 4.74 Å². The number of benzene rings is 3. The summed E-state index contributed by atoms with van der Waals surface area (Å²) in [7, 11) is -4.02. The van der Waals surface area contributed by atoms with Crippen LogP contribution in [0.15, 0.2) is 102 Å². The number of hydrogen-bond acceptors (Lipinski definition) is 5. The van der Waals surface area contributed by atoms with Crippen LogP contribution < -0.4 is 14.8 Å². The molecule has 2 amide bonds. The number of hydrogen-bond donors (Lipinski definition) is 2. The zero-order valence-electron chi connectivity index (χ0n) is 20.7. The third kappa shape index (κ3) is 6.34. The van der Waals surface area contributed by atoms with E-state index in [1.165, 1.54) is 6.07 Å². The van der Waals surface area contributed by atoms with Crippen molar-refractivity contribution in [2.75, 3.05) is 13.2 Å². The Bertz CT molecular complexity index is 1460. The molecule has 8 heteroatoms. The number of amides is 2. The second-order valence-electron chi connectivity index (χ2n) is 8.44. The van der Waals surface area contributed by atoms with Crippen LogP contribution in [0.4, 0.5) is 4.79 Å². The molecule has 0 aliphatic rings. The van der Waals surface area contributed by atoms with Gasteiger partial charge in [0.2, 0.25) is 0 Å². The molecule has 0 saturated carbocycles. The Morgan fingerprint density at radius 2 is 1.62 bits per heavy atom. The molecule has 0 radical (unpaired) electrons. The maximum atomic E-state index is 12.8. The number of carbonyl (C=O) groups is 1. The molecule has 1 atom stereocenters. The number of rotatable bonds is 9. The van der Waals surface area contributed by atoms with Crippen molar-refractivity contribution in [1.29, 1.82) is 0 Å². The lowest BCUT2D eigenvalue weighted by Gasteiger charge is -2.21. The van der Waals surface area contributed by atoms with Crippen LogP contribution >= 0.6 is 0 Å². The molecular weight excluding hydrogens is 486 g/mol. The van der Waals surface area contributed by atoms with E-state index < -0.39 is 16.1 Å². The van der Waals surface area contributed by atoms with E-state index in [2.05, 4.69) is 15.0 Å². The van der Waals surface area contributed by atoms with Crippen LogP contribution in [0.3, 0.4) is 0 Å². The number of carbonyl (C=O) groups excluding carboxylic acids is 1. The van der Waals surface area contributed by atoms with Crippen LogP contribution in [-0.2, 0) is 10.0 Å². The third-order valence-electron chi connectivity index (χ3n) is 5.92. The van der Waals surface area contributed by atoms with Gasteiger partial charge in [0.1, 0.15) is 5.75 Å². The minimum absolute atomic E-state index is 0.0623. The number of nitrogens with zero attached hydrogens (tertiary/aromatic N) is 1. The normalized spacial score (nSPS) is 11.9. The predicted molar refractivity (Wildman–Crippen MR) is 144 cm³/mol. The van der Waals surface area contributed by atoms with E-state index in [9.17, 15) is 13.2 Å². The highest BCUT2D eigenvalue weighted by Gasteiger charge is 2.23. The van der Waals surface area contributed by atoms with Gasteiger partial charge in [0, 0.05) is 24.2 Å². The molecule has 2 N–H and O–H groups in total. The van der Waals surface area contributed by atoms with Gasteiger partial charge in [0.05, 0.1) is 17.2 Å². The van der Waals surface area contributed by atoms with Crippen LogP contribution in [0.5, 0.6) is 5.75 Å². The smallest absolute Gasteiger partial charge is 0.328 e. The van der Waals surface area contributed by atoms with Gasteiger partial charge in [-0.25, -0.2) is 17.9 Å². The molecule has 1 heterocycles. The quantitative estimate of drug-likeness (QED) is 0.316. The summed E-state index contributed by atoms with van der Waals surface area (Å²) >= 11 is 0. The molecule has 0 aliphatic heterocycles. The van der Waals surface area contributed by atoms with Crippen LogP contribution in [0, 0.1) is 6.92 Å². The van der Waals surface area contributed by atoms with Crippen molar-refractivity contribution in [3.63, 3.8) is 0 Å². The molecule has 0 spiro atoms. The van der Waals surface area contributed by atoms with E-state index in [0.717, 1.165) is 28.1 Å². The zero-order chi connectivity index (χ0) is 26.3. The number of ether oxygens (including phenoxy) is 1. The highest BCUT2D eigenvalue weighted by atomic mass is 32.2. The lowest BCUT2D eigenvalue weighted by atomic mass is 9.89. The first-order chi connectivity index (χ1) is 17.9. The molecule has 0 aliphatic carbocycles. The number of nitrogens with one attached hydrogen (secondary N) is 2. The van der Waals surface area contributed by atoms with Crippen molar-refractivity contribution in [3.8, 4) is 16.9 Å². The molecule has 4 rings (SSSR count). The molecular formula is C29H29N3O4S. The Balaban J connectivity index is 1.60. The van der Waals surface area contributed by atoms with Gasteiger partial charge in [-0.05, 0) is 54.8 Å². The van der Waals surface area contributed by atoms with E-state index in [1.54, 1.807) is 31.3 Å². The lowest BCUT2D eigenvalue weighted by Crippen LogP contribution is -2.41. The molecule has 0 bridgehead atoms. The van der Waals surface area contributed by atoms with E-state index in [1.807, 2.05) is 73.7 Å². The van der Waals surface area contributed by atoms with Gasteiger partial charge in [0.15, 0.2) is 0 Å². The molecule has 37 heavy (non-hydrogen) atoms. The maximum absolute atomic E-state index is 12.8. The molecule has 7 nitrogen and oxygen atoms in total. The van der Waals surface area contributed by atoms with Gasteiger partial charge in [-0.1, -0.05) is 66.7 Å². The summed E-state index contributed by atoms with van der Waals surface area (Å²) in [5.74, 6) is 0.459. The highest BCUT2D eigenvalue weighted by molar-refractivity contribution is 7.90. The van der Waals surface area contributed by atoms with E-state index in [0.29, 0.717) is 12.2 Å². The average Bonchev–Trinajstić information content (AvgIpc) is 2.90. The topological polar surface area (TPSA) is 97.4 Å². The van der Waals surface area contributed by atoms with E-state index in [-0.39, 0.29) is 17.4 Å². The third-order valence-corrected chi connectivity index (χ3v) is 7.41.